The maximum Gasteiger partial charge on any atom is 0.231 e. The number of ether oxygens (including phenoxy) is 2. The largest absolute Gasteiger partial charge is 0.454 e. The summed E-state index contributed by atoms with van der Waals surface area (Å²) in [6, 6.07) is 7.85. The molecule has 18 heavy (non-hydrogen) atoms. The van der Waals surface area contributed by atoms with Gasteiger partial charge in [0.05, 0.1) is 11.4 Å². The smallest absolute Gasteiger partial charge is 0.231 e. The summed E-state index contributed by atoms with van der Waals surface area (Å²) in [5, 5.41) is 4.54. The first-order valence-electron chi connectivity index (χ1n) is 5.98. The van der Waals surface area contributed by atoms with E-state index >= 15 is 0 Å². The van der Waals surface area contributed by atoms with E-state index in [0.717, 1.165) is 35.0 Å². The second kappa shape index (κ2) is 4.34. The van der Waals surface area contributed by atoms with Crippen LogP contribution in [0.1, 0.15) is 12.6 Å². The van der Waals surface area contributed by atoms with Gasteiger partial charge >= 0.3 is 0 Å². The fourth-order valence-electron chi connectivity index (χ4n) is 2.09. The van der Waals surface area contributed by atoms with Crippen LogP contribution in [0, 0.1) is 0 Å². The first kappa shape index (κ1) is 11.1. The summed E-state index contributed by atoms with van der Waals surface area (Å²) in [6.07, 6.45) is 0. The molecule has 1 aliphatic heterocycles. The molecule has 94 valence electrons. The van der Waals surface area contributed by atoms with Gasteiger partial charge in [-0.25, -0.2) is 0 Å². The zero-order valence-electron chi connectivity index (χ0n) is 10.2. The molecule has 0 saturated heterocycles. The van der Waals surface area contributed by atoms with Gasteiger partial charge in [0.15, 0.2) is 11.5 Å². The van der Waals surface area contributed by atoms with Gasteiger partial charge in [-0.2, -0.15) is 5.10 Å². The SMILES string of the molecule is CCn1nc(-c2ccc3c(c2)OCO3)cc1CN. The maximum atomic E-state index is 5.70. The molecule has 1 aliphatic rings. The molecule has 2 N–H and O–H groups in total. The molecule has 0 bridgehead atoms. The lowest BCUT2D eigenvalue weighted by Gasteiger charge is -2.00. The van der Waals surface area contributed by atoms with Gasteiger partial charge in [0.2, 0.25) is 6.79 Å². The Labute approximate surface area is 105 Å². The molecule has 0 amide bonds. The topological polar surface area (TPSA) is 62.3 Å². The van der Waals surface area contributed by atoms with Crippen LogP contribution < -0.4 is 15.2 Å². The van der Waals surface area contributed by atoms with E-state index in [9.17, 15) is 0 Å². The zero-order valence-corrected chi connectivity index (χ0v) is 10.2. The summed E-state index contributed by atoms with van der Waals surface area (Å²) in [5.41, 5.74) is 8.66. The molecule has 5 heteroatoms. The molecule has 2 aromatic rings. The van der Waals surface area contributed by atoms with Gasteiger partial charge in [0.1, 0.15) is 0 Å². The van der Waals surface area contributed by atoms with E-state index in [4.69, 9.17) is 15.2 Å². The Morgan fingerprint density at radius 1 is 1.28 bits per heavy atom. The summed E-state index contributed by atoms with van der Waals surface area (Å²) in [5.74, 6) is 1.56. The molecule has 0 unspecified atom stereocenters. The number of hydrogen-bond acceptors (Lipinski definition) is 4. The highest BCUT2D eigenvalue weighted by molar-refractivity contribution is 5.64. The van der Waals surface area contributed by atoms with Crippen molar-refractivity contribution in [3.8, 4) is 22.8 Å². The van der Waals surface area contributed by atoms with E-state index in [0.29, 0.717) is 6.54 Å². The molecule has 3 rings (SSSR count). The Kier molecular flexibility index (Phi) is 2.68. The number of hydrogen-bond donors (Lipinski definition) is 1. The summed E-state index contributed by atoms with van der Waals surface area (Å²) in [7, 11) is 0. The van der Waals surface area contributed by atoms with Crippen LogP contribution in [-0.2, 0) is 13.1 Å². The standard InChI is InChI=1S/C13H15N3O2/c1-2-16-10(7-14)6-11(15-16)9-3-4-12-13(5-9)18-8-17-12/h3-6H,2,7-8,14H2,1H3. The van der Waals surface area contributed by atoms with Crippen LogP contribution in [0.25, 0.3) is 11.3 Å². The zero-order chi connectivity index (χ0) is 12.5. The van der Waals surface area contributed by atoms with Gasteiger partial charge in [-0.05, 0) is 31.2 Å². The minimum Gasteiger partial charge on any atom is -0.454 e. The van der Waals surface area contributed by atoms with Crippen molar-refractivity contribution < 1.29 is 9.47 Å². The van der Waals surface area contributed by atoms with Crippen molar-refractivity contribution in [3.63, 3.8) is 0 Å². The third-order valence-corrected chi connectivity index (χ3v) is 3.04. The number of nitrogens with two attached hydrogens (primary N) is 1. The van der Waals surface area contributed by atoms with Gasteiger partial charge in [-0.3, -0.25) is 4.68 Å². The highest BCUT2D eigenvalue weighted by Crippen LogP contribution is 2.35. The Morgan fingerprint density at radius 3 is 2.83 bits per heavy atom. The predicted octanol–water partition coefficient (Wildman–Crippen LogP) is 1.76. The van der Waals surface area contributed by atoms with Crippen molar-refractivity contribution in [1.82, 2.24) is 9.78 Å². The molecule has 1 aromatic carbocycles. The van der Waals surface area contributed by atoms with E-state index in [1.54, 1.807) is 0 Å². The third kappa shape index (κ3) is 1.73. The molecule has 5 nitrogen and oxygen atoms in total. The molecular formula is C13H15N3O2. The van der Waals surface area contributed by atoms with Crippen LogP contribution in [0.15, 0.2) is 24.3 Å². The lowest BCUT2D eigenvalue weighted by Crippen LogP contribution is -2.06. The van der Waals surface area contributed by atoms with Crippen LogP contribution in [0.3, 0.4) is 0 Å². The number of rotatable bonds is 3. The van der Waals surface area contributed by atoms with E-state index in [1.165, 1.54) is 0 Å². The number of benzene rings is 1. The summed E-state index contributed by atoms with van der Waals surface area (Å²) in [4.78, 5) is 0. The fraction of sp³-hybridized carbons (Fsp3) is 0.308. The van der Waals surface area contributed by atoms with Crippen molar-refractivity contribution in [1.29, 1.82) is 0 Å². The quantitative estimate of drug-likeness (QED) is 0.895. The Hall–Kier alpha value is -2.01. The maximum absolute atomic E-state index is 5.70. The van der Waals surface area contributed by atoms with E-state index in [-0.39, 0.29) is 6.79 Å². The summed E-state index contributed by atoms with van der Waals surface area (Å²) < 4.78 is 12.6. The van der Waals surface area contributed by atoms with Crippen LogP contribution in [-0.4, -0.2) is 16.6 Å². The van der Waals surface area contributed by atoms with E-state index in [2.05, 4.69) is 12.0 Å². The molecule has 0 saturated carbocycles. The lowest BCUT2D eigenvalue weighted by atomic mass is 10.1. The first-order valence-corrected chi connectivity index (χ1v) is 5.98. The van der Waals surface area contributed by atoms with E-state index < -0.39 is 0 Å². The predicted molar refractivity (Wildman–Crippen MR) is 67.4 cm³/mol. The second-order valence-electron chi connectivity index (χ2n) is 4.11. The van der Waals surface area contributed by atoms with E-state index in [1.807, 2.05) is 28.9 Å². The van der Waals surface area contributed by atoms with Crippen molar-refractivity contribution >= 4 is 0 Å². The summed E-state index contributed by atoms with van der Waals surface area (Å²) >= 11 is 0. The Morgan fingerprint density at radius 2 is 2.11 bits per heavy atom. The second-order valence-corrected chi connectivity index (χ2v) is 4.11. The molecule has 0 radical (unpaired) electrons. The lowest BCUT2D eigenvalue weighted by molar-refractivity contribution is 0.174. The molecular weight excluding hydrogens is 230 g/mol. The fourth-order valence-corrected chi connectivity index (χ4v) is 2.09. The number of aryl methyl sites for hydroxylation is 1. The molecule has 1 aromatic heterocycles. The highest BCUT2D eigenvalue weighted by atomic mass is 16.7. The van der Waals surface area contributed by atoms with Gasteiger partial charge in [-0.1, -0.05) is 0 Å². The third-order valence-electron chi connectivity index (χ3n) is 3.04. The van der Waals surface area contributed by atoms with Gasteiger partial charge in [0.25, 0.3) is 0 Å². The Bertz CT molecular complexity index is 556. The number of nitrogens with zero attached hydrogens (tertiary/aromatic N) is 2. The Balaban J connectivity index is 2.01. The van der Waals surface area contributed by atoms with Crippen LogP contribution in [0.5, 0.6) is 11.5 Å². The normalized spacial score (nSPS) is 13.0. The molecule has 0 fully saturated rings. The number of fused-ring (bicyclic) bond motifs is 1. The van der Waals surface area contributed by atoms with Gasteiger partial charge in [-0.15, -0.1) is 0 Å². The van der Waals surface area contributed by atoms with Crippen molar-refractivity contribution in [3.05, 3.63) is 30.0 Å². The molecule has 0 atom stereocenters. The van der Waals surface area contributed by atoms with Crippen molar-refractivity contribution in [2.45, 2.75) is 20.0 Å². The number of aromatic nitrogens is 2. The van der Waals surface area contributed by atoms with Gasteiger partial charge < -0.3 is 15.2 Å². The van der Waals surface area contributed by atoms with Gasteiger partial charge in [0, 0.05) is 18.7 Å². The minimum atomic E-state index is 0.288. The highest BCUT2D eigenvalue weighted by Gasteiger charge is 2.15. The van der Waals surface area contributed by atoms with Crippen molar-refractivity contribution in [2.75, 3.05) is 6.79 Å². The average Bonchev–Trinajstić information content (AvgIpc) is 3.03. The molecule has 0 aliphatic carbocycles. The van der Waals surface area contributed by atoms with Crippen LogP contribution >= 0.6 is 0 Å². The monoisotopic (exact) mass is 245 g/mol. The first-order chi connectivity index (χ1) is 8.81. The minimum absolute atomic E-state index is 0.288. The van der Waals surface area contributed by atoms with Crippen LogP contribution in [0.4, 0.5) is 0 Å². The van der Waals surface area contributed by atoms with Crippen LogP contribution in [0.2, 0.25) is 0 Å². The molecule has 2 heterocycles. The average molecular weight is 245 g/mol. The van der Waals surface area contributed by atoms with Crippen molar-refractivity contribution in [2.24, 2.45) is 5.73 Å². The summed E-state index contributed by atoms with van der Waals surface area (Å²) in [6.45, 7) is 3.65. The molecule has 0 spiro atoms.